The van der Waals surface area contributed by atoms with Gasteiger partial charge in [-0.1, -0.05) is 60.7 Å². The van der Waals surface area contributed by atoms with Gasteiger partial charge in [-0.05, 0) is 66.6 Å². The first-order valence-corrected chi connectivity index (χ1v) is 14.0. The Balaban J connectivity index is 1.42. The second-order valence-electron chi connectivity index (χ2n) is 8.84. The number of anilines is 2. The highest BCUT2D eigenvalue weighted by Gasteiger charge is 2.18. The van der Waals surface area contributed by atoms with E-state index in [-0.39, 0.29) is 12.5 Å². The third-order valence-electron chi connectivity index (χ3n) is 5.89. The molecule has 0 saturated carbocycles. The Morgan fingerprint density at radius 3 is 1.97 bits per heavy atom. The molecule has 0 radical (unpaired) electrons. The maximum atomic E-state index is 12.7. The largest absolute Gasteiger partial charge is 0.322 e. The highest BCUT2D eigenvalue weighted by molar-refractivity contribution is 7.92. The van der Waals surface area contributed by atoms with E-state index in [9.17, 15) is 18.0 Å². The lowest BCUT2D eigenvalue weighted by Gasteiger charge is -2.22. The predicted octanol–water partition coefficient (Wildman–Crippen LogP) is 5.06. The van der Waals surface area contributed by atoms with Crippen molar-refractivity contribution in [1.29, 1.82) is 0 Å². The molecule has 0 fully saturated rings. The summed E-state index contributed by atoms with van der Waals surface area (Å²) in [6.07, 6.45) is 1.15. The van der Waals surface area contributed by atoms with Crippen LogP contribution in [0.25, 0.3) is 0 Å². The third kappa shape index (κ3) is 7.39. The molecule has 8 nitrogen and oxygen atoms in total. The van der Waals surface area contributed by atoms with E-state index in [1.165, 1.54) is 4.31 Å². The molecule has 0 aliphatic rings. The summed E-state index contributed by atoms with van der Waals surface area (Å²) in [7, 11) is -3.54. The molecule has 4 aromatic rings. The minimum Gasteiger partial charge on any atom is -0.322 e. The number of nitrogens with one attached hydrogen (secondary N) is 2. The second-order valence-corrected chi connectivity index (χ2v) is 10.7. The van der Waals surface area contributed by atoms with Crippen molar-refractivity contribution in [2.45, 2.75) is 13.5 Å². The van der Waals surface area contributed by atoms with Crippen molar-refractivity contribution in [2.75, 3.05) is 15.9 Å². The van der Waals surface area contributed by atoms with E-state index >= 15 is 0 Å². The van der Waals surface area contributed by atoms with E-state index in [0.717, 1.165) is 17.4 Å². The van der Waals surface area contributed by atoms with Crippen molar-refractivity contribution >= 4 is 38.9 Å². The van der Waals surface area contributed by atoms with Crippen LogP contribution in [0.1, 0.15) is 38.8 Å². The molecule has 2 N–H and O–H groups in total. The molecule has 198 valence electrons. The molecular formula is C30H28N4O4S. The Labute approximate surface area is 228 Å². The highest BCUT2D eigenvalue weighted by Crippen LogP contribution is 2.21. The van der Waals surface area contributed by atoms with Gasteiger partial charge >= 0.3 is 0 Å². The molecule has 0 aromatic heterocycles. The molecule has 0 aliphatic carbocycles. The van der Waals surface area contributed by atoms with Gasteiger partial charge in [0.05, 0.1) is 24.2 Å². The number of hydrazone groups is 1. The van der Waals surface area contributed by atoms with Crippen molar-refractivity contribution in [3.05, 3.63) is 131 Å². The molecule has 0 saturated heterocycles. The van der Waals surface area contributed by atoms with Crippen molar-refractivity contribution in [3.8, 4) is 0 Å². The van der Waals surface area contributed by atoms with Crippen LogP contribution in [-0.2, 0) is 16.6 Å². The summed E-state index contributed by atoms with van der Waals surface area (Å²) < 4.78 is 26.1. The first kappa shape index (κ1) is 27.3. The molecule has 0 atom stereocenters. The predicted molar refractivity (Wildman–Crippen MR) is 154 cm³/mol. The third-order valence-corrected chi connectivity index (χ3v) is 7.03. The molecule has 4 aromatic carbocycles. The zero-order valence-electron chi connectivity index (χ0n) is 21.5. The van der Waals surface area contributed by atoms with E-state index in [4.69, 9.17) is 0 Å². The van der Waals surface area contributed by atoms with Crippen LogP contribution in [0.3, 0.4) is 0 Å². The van der Waals surface area contributed by atoms with Crippen molar-refractivity contribution < 1.29 is 18.0 Å². The van der Waals surface area contributed by atoms with E-state index < -0.39 is 15.9 Å². The van der Waals surface area contributed by atoms with Crippen LogP contribution in [0.2, 0.25) is 0 Å². The van der Waals surface area contributed by atoms with Gasteiger partial charge in [-0.2, -0.15) is 5.10 Å². The van der Waals surface area contributed by atoms with Crippen molar-refractivity contribution in [1.82, 2.24) is 5.43 Å². The lowest BCUT2D eigenvalue weighted by molar-refractivity contribution is 0.0954. The summed E-state index contributed by atoms with van der Waals surface area (Å²) in [5, 5.41) is 7.06. The number of nitrogens with zero attached hydrogens (tertiary/aromatic N) is 2. The summed E-state index contributed by atoms with van der Waals surface area (Å²) >= 11 is 0. The molecule has 9 heteroatoms. The Kier molecular flexibility index (Phi) is 8.53. The minimum absolute atomic E-state index is 0.180. The lowest BCUT2D eigenvalue weighted by Crippen LogP contribution is -2.29. The molecular weight excluding hydrogens is 512 g/mol. The topological polar surface area (TPSA) is 108 Å². The number of rotatable bonds is 9. The maximum absolute atomic E-state index is 12.7. The van der Waals surface area contributed by atoms with Crippen molar-refractivity contribution in [2.24, 2.45) is 5.10 Å². The molecule has 39 heavy (non-hydrogen) atoms. The minimum atomic E-state index is -3.54. The summed E-state index contributed by atoms with van der Waals surface area (Å²) in [6.45, 7) is 1.93. The SMILES string of the molecule is C/C(=N/NC(=O)c1ccc(N(Cc2ccccc2)S(C)(=O)=O)cc1)c1cccc(NC(=O)c2ccccc2)c1. The van der Waals surface area contributed by atoms with Gasteiger partial charge in [0.1, 0.15) is 0 Å². The van der Waals surface area contributed by atoms with Gasteiger partial charge in [0.25, 0.3) is 11.8 Å². The zero-order chi connectivity index (χ0) is 27.8. The monoisotopic (exact) mass is 540 g/mol. The van der Waals surface area contributed by atoms with Crippen LogP contribution in [0, 0.1) is 0 Å². The first-order chi connectivity index (χ1) is 18.7. The van der Waals surface area contributed by atoms with Gasteiger partial charge in [-0.3, -0.25) is 13.9 Å². The fourth-order valence-electron chi connectivity index (χ4n) is 3.81. The van der Waals surface area contributed by atoms with Gasteiger partial charge in [0, 0.05) is 16.8 Å². The summed E-state index contributed by atoms with van der Waals surface area (Å²) in [6, 6.07) is 31.6. The van der Waals surface area contributed by atoms with E-state index in [2.05, 4.69) is 15.8 Å². The number of carbonyl (C=O) groups excluding carboxylic acids is 2. The molecule has 2 amide bonds. The van der Waals surface area contributed by atoms with Gasteiger partial charge in [0.15, 0.2) is 0 Å². The Morgan fingerprint density at radius 2 is 1.33 bits per heavy atom. The number of hydrogen-bond acceptors (Lipinski definition) is 5. The molecule has 0 aliphatic heterocycles. The molecule has 4 rings (SSSR count). The van der Waals surface area contributed by atoms with Gasteiger partial charge in [-0.15, -0.1) is 0 Å². The summed E-state index contributed by atoms with van der Waals surface area (Å²) in [5.41, 5.74) is 6.57. The molecule has 0 heterocycles. The maximum Gasteiger partial charge on any atom is 0.271 e. The average Bonchev–Trinajstić information content (AvgIpc) is 2.95. The summed E-state index contributed by atoms with van der Waals surface area (Å²) in [4.78, 5) is 25.2. The summed E-state index contributed by atoms with van der Waals surface area (Å²) in [5.74, 6) is -0.666. The van der Waals surface area contributed by atoms with Gasteiger partial charge in [0.2, 0.25) is 10.0 Å². The Hall–Kier alpha value is -4.76. The Morgan fingerprint density at radius 1 is 0.744 bits per heavy atom. The highest BCUT2D eigenvalue weighted by atomic mass is 32.2. The number of benzene rings is 4. The van der Waals surface area contributed by atoms with Crippen molar-refractivity contribution in [3.63, 3.8) is 0 Å². The van der Waals surface area contributed by atoms with Crippen LogP contribution in [0.5, 0.6) is 0 Å². The standard InChI is InChI=1S/C30H28N4O4S/c1-22(26-14-9-15-27(20-26)31-29(35)24-12-7-4-8-13-24)32-33-30(36)25-16-18-28(19-17-25)34(39(2,37)38)21-23-10-5-3-6-11-23/h3-20H,21H2,1-2H3,(H,31,35)(H,33,36)/b32-22-. The van der Waals surface area contributed by atoms with Crippen LogP contribution < -0.4 is 15.0 Å². The smallest absolute Gasteiger partial charge is 0.271 e. The quantitative estimate of drug-likeness (QED) is 0.229. The van der Waals surface area contributed by atoms with Crippen LogP contribution >= 0.6 is 0 Å². The fourth-order valence-corrected chi connectivity index (χ4v) is 4.70. The number of hydrogen-bond donors (Lipinski definition) is 2. The molecule has 0 bridgehead atoms. The van der Waals surface area contributed by atoms with Gasteiger partial charge < -0.3 is 5.32 Å². The van der Waals surface area contributed by atoms with Crippen LogP contribution in [-0.4, -0.2) is 32.2 Å². The average molecular weight is 541 g/mol. The second kappa shape index (κ2) is 12.2. The van der Waals surface area contributed by atoms with Crippen LogP contribution in [0.15, 0.2) is 114 Å². The van der Waals surface area contributed by atoms with Crippen LogP contribution in [0.4, 0.5) is 11.4 Å². The molecule has 0 unspecified atom stereocenters. The first-order valence-electron chi connectivity index (χ1n) is 12.1. The number of sulfonamides is 1. The number of amides is 2. The van der Waals surface area contributed by atoms with E-state index in [1.54, 1.807) is 73.7 Å². The number of carbonyl (C=O) groups is 2. The van der Waals surface area contributed by atoms with E-state index in [1.807, 2.05) is 42.5 Å². The molecule has 0 spiro atoms. The normalized spacial score (nSPS) is 11.5. The zero-order valence-corrected chi connectivity index (χ0v) is 22.4. The van der Waals surface area contributed by atoms with Gasteiger partial charge in [-0.25, -0.2) is 13.8 Å². The lowest BCUT2D eigenvalue weighted by atomic mass is 10.1. The van der Waals surface area contributed by atoms with E-state index in [0.29, 0.717) is 28.2 Å². The Bertz CT molecular complexity index is 1590. The fraction of sp³-hybridized carbons (Fsp3) is 0.100.